The number of hydrogen-bond donors (Lipinski definition) is 0. The Hall–Kier alpha value is -2.63. The second-order valence-corrected chi connectivity index (χ2v) is 12.0. The molecule has 4 rings (SSSR count). The first-order valence-corrected chi connectivity index (χ1v) is 13.5. The van der Waals surface area contributed by atoms with E-state index in [1.807, 2.05) is 0 Å². The Morgan fingerprint density at radius 3 is 1.61 bits per heavy atom. The summed E-state index contributed by atoms with van der Waals surface area (Å²) in [6.07, 6.45) is 7.58. The van der Waals surface area contributed by atoms with E-state index in [4.69, 9.17) is 4.74 Å². The monoisotopic (exact) mass is 428 g/mol. The Kier molecular flexibility index (Phi) is 7.05. The first-order valence-electron chi connectivity index (χ1n) is 11.5. The van der Waals surface area contributed by atoms with Gasteiger partial charge < -0.3 is 0 Å². The predicted molar refractivity (Wildman–Crippen MR) is 137 cm³/mol. The predicted octanol–water partition coefficient (Wildman–Crippen LogP) is 6.83. The summed E-state index contributed by atoms with van der Waals surface area (Å²) in [5.74, 6) is 2.29. The van der Waals surface area contributed by atoms with Crippen molar-refractivity contribution in [2.45, 2.75) is 46.0 Å². The molecule has 160 valence electrons. The van der Waals surface area contributed by atoms with E-state index in [0.717, 1.165) is 25.0 Å². The van der Waals surface area contributed by atoms with E-state index in [0.29, 0.717) is 0 Å². The van der Waals surface area contributed by atoms with Gasteiger partial charge in [0.05, 0.1) is 0 Å². The molecule has 0 unspecified atom stereocenters. The molecule has 1 aliphatic rings. The Morgan fingerprint density at radius 2 is 1.19 bits per heavy atom. The summed E-state index contributed by atoms with van der Waals surface area (Å²) in [4.78, 5) is 0. The van der Waals surface area contributed by atoms with Gasteiger partial charge in [-0.3, -0.25) is 0 Å². The molecule has 0 bridgehead atoms. The average Bonchev–Trinajstić information content (AvgIpc) is 2.86. The van der Waals surface area contributed by atoms with Gasteiger partial charge in [0.1, 0.15) is 0 Å². The Bertz CT molecular complexity index is 939. The molecule has 0 N–H and O–H groups in total. The first kappa shape index (κ1) is 21.6. The third-order valence-corrected chi connectivity index (χ3v) is 11.4. The Morgan fingerprint density at radius 1 is 0.742 bits per heavy atom. The third kappa shape index (κ3) is 4.25. The quantitative estimate of drug-likeness (QED) is 0.296. The van der Waals surface area contributed by atoms with Crippen molar-refractivity contribution in [3.05, 3.63) is 114 Å². The third-order valence-electron chi connectivity index (χ3n) is 6.42. The zero-order valence-corrected chi connectivity index (χ0v) is 19.7. The van der Waals surface area contributed by atoms with Crippen LogP contribution in [0.5, 0.6) is 0 Å². The number of ether oxygens (including phenoxy) is 1. The molecule has 0 spiro atoms. The average molecular weight is 429 g/mol. The van der Waals surface area contributed by atoms with Crippen molar-refractivity contribution in [2.75, 3.05) is 0 Å². The molecule has 1 nitrogen and oxygen atoms in total. The fraction of sp³-hybridized carbons (Fsp3) is 0.241. The van der Waals surface area contributed by atoms with Crippen LogP contribution in [-0.2, 0) is 4.74 Å². The molecule has 0 amide bonds. The molecule has 3 aromatic carbocycles. The van der Waals surface area contributed by atoms with Crippen LogP contribution in [0.25, 0.3) is 0 Å². The fourth-order valence-corrected chi connectivity index (χ4v) is 10.2. The van der Waals surface area contributed by atoms with E-state index in [9.17, 15) is 0 Å². The van der Waals surface area contributed by atoms with E-state index in [1.165, 1.54) is 39.8 Å². The maximum absolute atomic E-state index is 6.65. The number of rotatable bonds is 7. The van der Waals surface area contributed by atoms with Crippen LogP contribution in [0.4, 0.5) is 0 Å². The number of hydrogen-bond acceptors (Lipinski definition) is 1. The van der Waals surface area contributed by atoms with E-state index in [1.54, 1.807) is 0 Å². The molecule has 3 aromatic rings. The van der Waals surface area contributed by atoms with Crippen LogP contribution >= 0.6 is 7.26 Å². The minimum absolute atomic E-state index is 0.920. The SMILES string of the molecule is CC=C(CC)OC1=C([PH](c2ccccc2)(c2ccccc2)c2ccccc2)CCCC1. The summed E-state index contributed by atoms with van der Waals surface area (Å²) in [5, 5.41) is 5.84. The Labute approximate surface area is 187 Å². The normalized spacial score (nSPS) is 15.6. The van der Waals surface area contributed by atoms with Crippen LogP contribution in [0.15, 0.2) is 114 Å². The molecule has 0 radical (unpaired) electrons. The van der Waals surface area contributed by atoms with Crippen LogP contribution in [-0.4, -0.2) is 0 Å². The standard InChI is InChI=1S/C29H33OP/c1-3-24(4-2)30-28-22-14-15-23-29(28)31(25-16-8-5-9-17-25,26-18-10-6-11-19-26)27-20-12-7-13-21-27/h3,5-13,16-21,31H,4,14-15,22-23H2,1-2H3. The van der Waals surface area contributed by atoms with Gasteiger partial charge in [-0.1, -0.05) is 0 Å². The van der Waals surface area contributed by atoms with Crippen LogP contribution in [0.2, 0.25) is 0 Å². The van der Waals surface area contributed by atoms with Gasteiger partial charge in [0.15, 0.2) is 0 Å². The molecule has 0 saturated heterocycles. The molecule has 31 heavy (non-hydrogen) atoms. The van der Waals surface area contributed by atoms with Crippen LogP contribution in [0.1, 0.15) is 46.0 Å². The van der Waals surface area contributed by atoms with E-state index in [2.05, 4.69) is 111 Å². The van der Waals surface area contributed by atoms with E-state index in [-0.39, 0.29) is 0 Å². The summed E-state index contributed by atoms with van der Waals surface area (Å²) in [6, 6.07) is 33.5. The van der Waals surface area contributed by atoms with Crippen LogP contribution in [0, 0.1) is 0 Å². The topological polar surface area (TPSA) is 9.23 Å². The van der Waals surface area contributed by atoms with Crippen molar-refractivity contribution in [3.8, 4) is 0 Å². The molecule has 0 saturated carbocycles. The van der Waals surface area contributed by atoms with Gasteiger partial charge in [-0.05, 0) is 0 Å². The van der Waals surface area contributed by atoms with Crippen molar-refractivity contribution >= 4 is 23.2 Å². The summed E-state index contributed by atoms with van der Waals surface area (Å²) < 4.78 is 6.65. The molecule has 0 fully saturated rings. The Balaban J connectivity index is 2.07. The van der Waals surface area contributed by atoms with Gasteiger partial charge in [0.2, 0.25) is 0 Å². The number of allylic oxidation sites excluding steroid dienone is 4. The summed E-state index contributed by atoms with van der Waals surface area (Å²) in [7, 11) is -2.45. The second kappa shape index (κ2) is 10.1. The van der Waals surface area contributed by atoms with Crippen molar-refractivity contribution in [1.29, 1.82) is 0 Å². The van der Waals surface area contributed by atoms with E-state index < -0.39 is 7.26 Å². The van der Waals surface area contributed by atoms with Gasteiger partial charge in [-0.25, -0.2) is 0 Å². The molecular weight excluding hydrogens is 395 g/mol. The molecule has 2 heteroatoms. The van der Waals surface area contributed by atoms with Crippen molar-refractivity contribution < 1.29 is 4.74 Å². The van der Waals surface area contributed by atoms with E-state index >= 15 is 0 Å². The second-order valence-electron chi connectivity index (χ2n) is 8.17. The van der Waals surface area contributed by atoms with Crippen LogP contribution in [0.3, 0.4) is 0 Å². The number of benzene rings is 3. The fourth-order valence-electron chi connectivity index (χ4n) is 4.97. The molecular formula is C29H33OP. The van der Waals surface area contributed by atoms with Crippen molar-refractivity contribution in [2.24, 2.45) is 0 Å². The zero-order chi connectivity index (χ0) is 21.5. The van der Waals surface area contributed by atoms with Gasteiger partial charge in [-0.15, -0.1) is 0 Å². The summed E-state index contributed by atoms with van der Waals surface area (Å²) in [6.45, 7) is 4.26. The maximum atomic E-state index is 6.65. The summed E-state index contributed by atoms with van der Waals surface area (Å²) in [5.41, 5.74) is 0. The first-order chi connectivity index (χ1) is 15.3. The van der Waals surface area contributed by atoms with Crippen LogP contribution < -0.4 is 15.9 Å². The molecule has 0 aromatic heterocycles. The van der Waals surface area contributed by atoms with Crippen molar-refractivity contribution in [1.82, 2.24) is 0 Å². The van der Waals surface area contributed by atoms with Gasteiger partial charge in [0, 0.05) is 0 Å². The summed E-state index contributed by atoms with van der Waals surface area (Å²) >= 11 is 0. The molecule has 0 atom stereocenters. The molecule has 1 aliphatic carbocycles. The van der Waals surface area contributed by atoms with Gasteiger partial charge in [0.25, 0.3) is 0 Å². The minimum atomic E-state index is -2.45. The van der Waals surface area contributed by atoms with Gasteiger partial charge in [-0.2, -0.15) is 0 Å². The zero-order valence-electron chi connectivity index (χ0n) is 18.7. The molecule has 0 heterocycles. The van der Waals surface area contributed by atoms with Crippen molar-refractivity contribution in [3.63, 3.8) is 0 Å². The molecule has 0 aliphatic heterocycles. The van der Waals surface area contributed by atoms with Gasteiger partial charge >= 0.3 is 188 Å².